The normalized spacial score (nSPS) is 27.7. The van der Waals surface area contributed by atoms with Crippen molar-refractivity contribution in [2.45, 2.75) is 6.04 Å². The van der Waals surface area contributed by atoms with E-state index >= 15 is 0 Å². The minimum Gasteiger partial charge on any atom is -0.342 e. The molecule has 4 heterocycles. The maximum Gasteiger partial charge on any atom is 0.130 e. The molecule has 3 aliphatic heterocycles. The van der Waals surface area contributed by atoms with Crippen LogP contribution >= 0.6 is 12.2 Å². The molecule has 0 spiro atoms. The molecule has 3 fully saturated rings. The third kappa shape index (κ3) is 2.52. The number of benzene rings is 1. The van der Waals surface area contributed by atoms with Crippen molar-refractivity contribution in [2.24, 2.45) is 0 Å². The van der Waals surface area contributed by atoms with Crippen molar-refractivity contribution in [1.82, 2.24) is 19.8 Å². The van der Waals surface area contributed by atoms with E-state index in [9.17, 15) is 0 Å². The summed E-state index contributed by atoms with van der Waals surface area (Å²) in [4.78, 5) is 13.1. The van der Waals surface area contributed by atoms with Crippen molar-refractivity contribution >= 4 is 12.2 Å². The monoisotopic (exact) mass is 298 g/mol. The number of hydrogen-bond acceptors (Lipinski definition) is 4. The van der Waals surface area contributed by atoms with Gasteiger partial charge in [-0.05, 0) is 11.6 Å². The molecule has 0 saturated carbocycles. The Balaban J connectivity index is 1.73. The molecule has 5 rings (SSSR count). The predicted octanol–water partition coefficient (Wildman–Crippen LogP) is 2.48. The third-order valence-electron chi connectivity index (χ3n) is 4.44. The topological polar surface area (TPSA) is 35.2 Å². The van der Waals surface area contributed by atoms with Crippen molar-refractivity contribution in [1.29, 1.82) is 0 Å². The van der Waals surface area contributed by atoms with Crippen molar-refractivity contribution < 1.29 is 0 Å². The quantitative estimate of drug-likeness (QED) is 0.864. The minimum absolute atomic E-state index is 0.345. The fourth-order valence-corrected chi connectivity index (χ4v) is 3.50. The van der Waals surface area contributed by atoms with Gasteiger partial charge >= 0.3 is 0 Å². The van der Waals surface area contributed by atoms with Gasteiger partial charge < -0.3 is 4.98 Å². The van der Waals surface area contributed by atoms with E-state index in [4.69, 9.17) is 12.2 Å². The van der Waals surface area contributed by atoms with E-state index in [1.54, 1.807) is 0 Å². The Bertz CT molecular complexity index is 689. The highest BCUT2D eigenvalue weighted by Crippen LogP contribution is 2.28. The van der Waals surface area contributed by atoms with Crippen LogP contribution in [0.5, 0.6) is 0 Å². The highest BCUT2D eigenvalue weighted by molar-refractivity contribution is 7.71. The number of aromatic nitrogens is 2. The molecular weight excluding hydrogens is 280 g/mol. The van der Waals surface area contributed by atoms with Gasteiger partial charge in [0.1, 0.15) is 10.5 Å². The lowest BCUT2D eigenvalue weighted by Gasteiger charge is -2.46. The Kier molecular flexibility index (Phi) is 3.33. The molecule has 1 aromatic carbocycles. The number of nitrogens with zero attached hydrogens (tertiary/aromatic N) is 3. The summed E-state index contributed by atoms with van der Waals surface area (Å²) in [6, 6.07) is 12.6. The first-order chi connectivity index (χ1) is 10.3. The lowest BCUT2D eigenvalue weighted by Crippen LogP contribution is -2.57. The average molecular weight is 298 g/mol. The zero-order chi connectivity index (χ0) is 14.2. The smallest absolute Gasteiger partial charge is 0.130 e. The first-order valence-electron chi connectivity index (χ1n) is 7.43. The van der Waals surface area contributed by atoms with Crippen LogP contribution < -0.4 is 0 Å². The van der Waals surface area contributed by atoms with Crippen LogP contribution in [0.25, 0.3) is 11.3 Å². The summed E-state index contributed by atoms with van der Waals surface area (Å²) in [5.74, 6) is 1.01. The Morgan fingerprint density at radius 1 is 1.10 bits per heavy atom. The summed E-state index contributed by atoms with van der Waals surface area (Å²) in [6.45, 7) is 5.66. The second kappa shape index (κ2) is 5.33. The van der Waals surface area contributed by atoms with Crippen LogP contribution in [0.15, 0.2) is 36.4 Å². The van der Waals surface area contributed by atoms with Gasteiger partial charge in [-0.1, -0.05) is 42.5 Å². The van der Waals surface area contributed by atoms with E-state index in [-0.39, 0.29) is 0 Å². The van der Waals surface area contributed by atoms with Gasteiger partial charge in [0, 0.05) is 38.4 Å². The van der Waals surface area contributed by atoms with Crippen molar-refractivity contribution in [3.63, 3.8) is 0 Å². The average Bonchev–Trinajstić information content (AvgIpc) is 2.56. The number of fused-ring (bicyclic) bond motifs is 3. The molecule has 4 nitrogen and oxygen atoms in total. The Hall–Kier alpha value is -1.56. The lowest BCUT2D eigenvalue weighted by molar-refractivity contribution is 0.00865. The van der Waals surface area contributed by atoms with Crippen molar-refractivity contribution in [3.8, 4) is 11.3 Å². The van der Waals surface area contributed by atoms with Crippen molar-refractivity contribution in [2.75, 3.05) is 32.7 Å². The SMILES string of the molecule is S=c1cc(-c2ccccc2)[nH]c(C2CN3CCN2CC3)n1. The summed E-state index contributed by atoms with van der Waals surface area (Å²) in [5.41, 5.74) is 2.21. The zero-order valence-electron chi connectivity index (χ0n) is 11.8. The Labute approximate surface area is 129 Å². The van der Waals surface area contributed by atoms with Gasteiger partial charge in [-0.3, -0.25) is 9.80 Å². The van der Waals surface area contributed by atoms with Crippen LogP contribution in [0.4, 0.5) is 0 Å². The van der Waals surface area contributed by atoms with Gasteiger partial charge in [0.15, 0.2) is 0 Å². The molecule has 1 atom stereocenters. The molecule has 1 N–H and O–H groups in total. The summed E-state index contributed by atoms with van der Waals surface area (Å²) >= 11 is 5.38. The highest BCUT2D eigenvalue weighted by Gasteiger charge is 2.34. The molecule has 2 aromatic rings. The number of piperazine rings is 3. The number of aromatic amines is 1. The molecule has 0 amide bonds. The van der Waals surface area contributed by atoms with E-state index in [2.05, 4.69) is 31.9 Å². The van der Waals surface area contributed by atoms with Gasteiger partial charge in [0.2, 0.25) is 0 Å². The molecular formula is C16H18N4S. The first kappa shape index (κ1) is 13.1. The number of hydrogen-bond donors (Lipinski definition) is 1. The molecule has 5 heteroatoms. The maximum absolute atomic E-state index is 5.38. The van der Waals surface area contributed by atoms with Crippen LogP contribution in [-0.2, 0) is 0 Å². The van der Waals surface area contributed by atoms with E-state index in [0.29, 0.717) is 10.7 Å². The molecule has 0 radical (unpaired) electrons. The summed E-state index contributed by atoms with van der Waals surface area (Å²) in [5, 5.41) is 0. The fourth-order valence-electron chi connectivity index (χ4n) is 3.28. The van der Waals surface area contributed by atoms with Gasteiger partial charge in [-0.2, -0.15) is 0 Å². The molecule has 2 bridgehead atoms. The van der Waals surface area contributed by atoms with Gasteiger partial charge in [-0.15, -0.1) is 0 Å². The first-order valence-corrected chi connectivity index (χ1v) is 7.83. The molecule has 0 aliphatic carbocycles. The van der Waals surface area contributed by atoms with Gasteiger partial charge in [-0.25, -0.2) is 4.98 Å². The van der Waals surface area contributed by atoms with Crippen molar-refractivity contribution in [3.05, 3.63) is 46.9 Å². The number of nitrogens with one attached hydrogen (secondary N) is 1. The van der Waals surface area contributed by atoms with E-state index < -0.39 is 0 Å². The predicted molar refractivity (Wildman–Crippen MR) is 85.6 cm³/mol. The van der Waals surface area contributed by atoms with Crippen LogP contribution in [0, 0.1) is 4.64 Å². The summed E-state index contributed by atoms with van der Waals surface area (Å²) < 4.78 is 0.667. The van der Waals surface area contributed by atoms with Crippen LogP contribution in [0.3, 0.4) is 0 Å². The summed E-state index contributed by atoms with van der Waals surface area (Å²) in [6.07, 6.45) is 0. The van der Waals surface area contributed by atoms with Crippen LogP contribution in [0.1, 0.15) is 11.9 Å². The molecule has 1 unspecified atom stereocenters. The molecule has 1 aromatic heterocycles. The largest absolute Gasteiger partial charge is 0.342 e. The minimum atomic E-state index is 0.345. The number of H-pyrrole nitrogens is 1. The van der Waals surface area contributed by atoms with Crippen LogP contribution in [0.2, 0.25) is 0 Å². The molecule has 3 aliphatic rings. The third-order valence-corrected chi connectivity index (χ3v) is 4.65. The standard InChI is InChI=1S/C16H18N4S/c21-15-10-13(12-4-2-1-3-5-12)17-16(18-15)14-11-19-6-8-20(14)9-7-19/h1-5,10,14H,6-9,11H2,(H,17,18,21). The zero-order valence-corrected chi connectivity index (χ0v) is 12.6. The molecule has 3 saturated heterocycles. The fraction of sp³-hybridized carbons (Fsp3) is 0.375. The Morgan fingerprint density at radius 3 is 2.52 bits per heavy atom. The lowest BCUT2D eigenvalue weighted by atomic mass is 10.1. The van der Waals surface area contributed by atoms with Gasteiger partial charge in [0.25, 0.3) is 0 Å². The second-order valence-corrected chi connectivity index (χ2v) is 6.15. The summed E-state index contributed by atoms with van der Waals surface area (Å²) in [7, 11) is 0. The molecule has 108 valence electrons. The highest BCUT2D eigenvalue weighted by atomic mass is 32.1. The van der Waals surface area contributed by atoms with E-state index in [1.165, 1.54) is 13.1 Å². The number of rotatable bonds is 2. The van der Waals surface area contributed by atoms with Crippen LogP contribution in [-0.4, -0.2) is 52.5 Å². The Morgan fingerprint density at radius 2 is 1.86 bits per heavy atom. The van der Waals surface area contributed by atoms with E-state index in [1.807, 2.05) is 24.3 Å². The second-order valence-electron chi connectivity index (χ2n) is 5.74. The maximum atomic E-state index is 5.38. The van der Waals surface area contributed by atoms with Gasteiger partial charge in [0.05, 0.1) is 6.04 Å². The molecule has 21 heavy (non-hydrogen) atoms. The van der Waals surface area contributed by atoms with E-state index in [0.717, 1.165) is 36.7 Å².